The first-order chi connectivity index (χ1) is 9.20. The van der Waals surface area contributed by atoms with Gasteiger partial charge in [0.05, 0.1) is 12.7 Å². The molecule has 0 spiro atoms. The minimum absolute atomic E-state index is 0.00883. The average molecular weight is 262 g/mol. The van der Waals surface area contributed by atoms with Crippen LogP contribution < -0.4 is 4.74 Å². The summed E-state index contributed by atoms with van der Waals surface area (Å²) in [5.74, 6) is 1.45. The second kappa shape index (κ2) is 6.71. The standard InChI is InChI=1S/C16H22O3/c1-12-6-7-14(16(10-12)18-2)15(17)11-19-9-8-13-4-3-5-13/h6-7,10,13H,3-5,8-9,11H2,1-2H3. The van der Waals surface area contributed by atoms with Crippen molar-refractivity contribution >= 4 is 5.78 Å². The van der Waals surface area contributed by atoms with Crippen LogP contribution in [0.1, 0.15) is 41.6 Å². The summed E-state index contributed by atoms with van der Waals surface area (Å²) in [6.45, 7) is 2.81. The molecule has 0 saturated heterocycles. The molecule has 2 rings (SSSR count). The van der Waals surface area contributed by atoms with E-state index in [1.54, 1.807) is 7.11 Å². The number of hydrogen-bond donors (Lipinski definition) is 0. The Morgan fingerprint density at radius 2 is 2.16 bits per heavy atom. The molecule has 104 valence electrons. The third kappa shape index (κ3) is 3.80. The number of Topliss-reactive ketones (excluding diaryl/α,β-unsaturated/α-hetero) is 1. The minimum atomic E-state index is -0.00883. The lowest BCUT2D eigenvalue weighted by Gasteiger charge is -2.24. The number of ketones is 1. The van der Waals surface area contributed by atoms with E-state index in [9.17, 15) is 4.79 Å². The highest BCUT2D eigenvalue weighted by Crippen LogP contribution is 2.29. The molecule has 1 fully saturated rings. The zero-order valence-electron chi connectivity index (χ0n) is 11.8. The predicted octanol–water partition coefficient (Wildman–Crippen LogP) is 3.39. The monoisotopic (exact) mass is 262 g/mol. The Kier molecular flexibility index (Phi) is 4.97. The molecule has 0 amide bonds. The van der Waals surface area contributed by atoms with Crippen molar-refractivity contribution in [2.24, 2.45) is 5.92 Å². The summed E-state index contributed by atoms with van der Waals surface area (Å²) in [4.78, 5) is 12.1. The second-order valence-electron chi connectivity index (χ2n) is 5.27. The number of aryl methyl sites for hydroxylation is 1. The minimum Gasteiger partial charge on any atom is -0.496 e. The van der Waals surface area contributed by atoms with E-state index in [-0.39, 0.29) is 12.4 Å². The molecule has 1 aromatic carbocycles. The van der Waals surface area contributed by atoms with Gasteiger partial charge in [-0.3, -0.25) is 4.79 Å². The number of hydrogen-bond acceptors (Lipinski definition) is 3. The van der Waals surface area contributed by atoms with Crippen LogP contribution in [0.3, 0.4) is 0 Å². The highest BCUT2D eigenvalue weighted by atomic mass is 16.5. The van der Waals surface area contributed by atoms with Crippen molar-refractivity contribution in [2.45, 2.75) is 32.6 Å². The molecule has 0 heterocycles. The van der Waals surface area contributed by atoms with Crippen LogP contribution in [0.25, 0.3) is 0 Å². The van der Waals surface area contributed by atoms with E-state index < -0.39 is 0 Å². The molecule has 3 heteroatoms. The summed E-state index contributed by atoms with van der Waals surface area (Å²) in [6.07, 6.45) is 5.08. The van der Waals surface area contributed by atoms with Crippen LogP contribution in [0.4, 0.5) is 0 Å². The smallest absolute Gasteiger partial charge is 0.192 e. The molecule has 0 unspecified atom stereocenters. The van der Waals surface area contributed by atoms with Crippen LogP contribution in [0, 0.1) is 12.8 Å². The lowest BCUT2D eigenvalue weighted by Crippen LogP contribution is -2.16. The van der Waals surface area contributed by atoms with E-state index in [1.807, 2.05) is 25.1 Å². The summed E-state index contributed by atoms with van der Waals surface area (Å²) in [5.41, 5.74) is 1.69. The zero-order valence-corrected chi connectivity index (χ0v) is 11.8. The van der Waals surface area contributed by atoms with E-state index in [1.165, 1.54) is 19.3 Å². The van der Waals surface area contributed by atoms with Crippen LogP contribution in [-0.4, -0.2) is 26.1 Å². The van der Waals surface area contributed by atoms with Gasteiger partial charge in [-0.15, -0.1) is 0 Å². The number of benzene rings is 1. The first-order valence-electron chi connectivity index (χ1n) is 6.96. The Morgan fingerprint density at radius 1 is 1.37 bits per heavy atom. The molecule has 0 aliphatic heterocycles. The molecule has 3 nitrogen and oxygen atoms in total. The van der Waals surface area contributed by atoms with Crippen molar-refractivity contribution in [3.63, 3.8) is 0 Å². The van der Waals surface area contributed by atoms with E-state index in [0.717, 1.165) is 17.9 Å². The third-order valence-corrected chi connectivity index (χ3v) is 3.79. The van der Waals surface area contributed by atoms with Crippen LogP contribution in [0.5, 0.6) is 5.75 Å². The molecule has 1 aliphatic rings. The quantitative estimate of drug-likeness (QED) is 0.558. The van der Waals surface area contributed by atoms with Crippen molar-refractivity contribution in [3.05, 3.63) is 29.3 Å². The third-order valence-electron chi connectivity index (χ3n) is 3.79. The average Bonchev–Trinajstić information content (AvgIpc) is 2.35. The number of carbonyl (C=O) groups excluding carboxylic acids is 1. The number of carbonyl (C=O) groups is 1. The molecule has 1 aliphatic carbocycles. The lowest BCUT2D eigenvalue weighted by molar-refractivity contribution is 0.0702. The summed E-state index contributed by atoms with van der Waals surface area (Å²) < 4.78 is 10.7. The highest BCUT2D eigenvalue weighted by Gasteiger charge is 2.17. The Morgan fingerprint density at radius 3 is 2.79 bits per heavy atom. The Labute approximate surface area is 114 Å². The predicted molar refractivity (Wildman–Crippen MR) is 74.8 cm³/mol. The topological polar surface area (TPSA) is 35.5 Å². The van der Waals surface area contributed by atoms with Gasteiger partial charge >= 0.3 is 0 Å². The van der Waals surface area contributed by atoms with Crippen molar-refractivity contribution in [3.8, 4) is 5.75 Å². The molecule has 1 saturated carbocycles. The molecule has 0 atom stereocenters. The lowest BCUT2D eigenvalue weighted by atomic mass is 9.83. The van der Waals surface area contributed by atoms with Crippen LogP contribution in [0.2, 0.25) is 0 Å². The number of methoxy groups -OCH3 is 1. The van der Waals surface area contributed by atoms with E-state index in [2.05, 4.69) is 0 Å². The van der Waals surface area contributed by atoms with E-state index >= 15 is 0 Å². The molecule has 0 radical (unpaired) electrons. The Balaban J connectivity index is 1.81. The van der Waals surface area contributed by atoms with Gasteiger partial charge in [0.1, 0.15) is 12.4 Å². The van der Waals surface area contributed by atoms with Gasteiger partial charge in [-0.25, -0.2) is 0 Å². The zero-order chi connectivity index (χ0) is 13.7. The maximum Gasteiger partial charge on any atom is 0.192 e. The van der Waals surface area contributed by atoms with Gasteiger partial charge in [-0.1, -0.05) is 25.3 Å². The van der Waals surface area contributed by atoms with Gasteiger partial charge in [0.25, 0.3) is 0 Å². The molecular weight excluding hydrogens is 240 g/mol. The fraction of sp³-hybridized carbons (Fsp3) is 0.562. The van der Waals surface area contributed by atoms with Crippen molar-refractivity contribution in [1.29, 1.82) is 0 Å². The molecule has 0 N–H and O–H groups in total. The molecule has 0 bridgehead atoms. The molecular formula is C16H22O3. The fourth-order valence-corrected chi connectivity index (χ4v) is 2.30. The van der Waals surface area contributed by atoms with E-state index in [0.29, 0.717) is 17.9 Å². The van der Waals surface area contributed by atoms with Gasteiger partial charge < -0.3 is 9.47 Å². The summed E-state index contributed by atoms with van der Waals surface area (Å²) >= 11 is 0. The van der Waals surface area contributed by atoms with Gasteiger partial charge in [-0.2, -0.15) is 0 Å². The molecule has 19 heavy (non-hydrogen) atoms. The van der Waals surface area contributed by atoms with Gasteiger partial charge in [0.2, 0.25) is 0 Å². The fourth-order valence-electron chi connectivity index (χ4n) is 2.30. The Hall–Kier alpha value is -1.35. The van der Waals surface area contributed by atoms with Crippen molar-refractivity contribution in [1.82, 2.24) is 0 Å². The maximum absolute atomic E-state index is 12.1. The van der Waals surface area contributed by atoms with Gasteiger partial charge in [0, 0.05) is 6.61 Å². The summed E-state index contributed by atoms with van der Waals surface area (Å²) in [7, 11) is 1.59. The van der Waals surface area contributed by atoms with Crippen molar-refractivity contribution in [2.75, 3.05) is 20.3 Å². The van der Waals surface area contributed by atoms with Gasteiger partial charge in [-0.05, 0) is 37.0 Å². The normalized spacial score (nSPS) is 15.1. The first kappa shape index (κ1) is 14.1. The van der Waals surface area contributed by atoms with E-state index in [4.69, 9.17) is 9.47 Å². The van der Waals surface area contributed by atoms with Crippen LogP contribution >= 0.6 is 0 Å². The maximum atomic E-state index is 12.1. The first-order valence-corrected chi connectivity index (χ1v) is 6.96. The van der Waals surface area contributed by atoms with Crippen LogP contribution in [-0.2, 0) is 4.74 Å². The van der Waals surface area contributed by atoms with Crippen molar-refractivity contribution < 1.29 is 14.3 Å². The second-order valence-corrected chi connectivity index (χ2v) is 5.27. The van der Waals surface area contributed by atoms with Crippen LogP contribution in [0.15, 0.2) is 18.2 Å². The van der Waals surface area contributed by atoms with Gasteiger partial charge in [0.15, 0.2) is 5.78 Å². The molecule has 0 aromatic heterocycles. The molecule has 1 aromatic rings. The highest BCUT2D eigenvalue weighted by molar-refractivity contribution is 5.99. The number of ether oxygens (including phenoxy) is 2. The summed E-state index contributed by atoms with van der Waals surface area (Å²) in [5, 5.41) is 0. The summed E-state index contributed by atoms with van der Waals surface area (Å²) in [6, 6.07) is 5.61. The Bertz CT molecular complexity index is 436. The number of rotatable bonds is 7. The largest absolute Gasteiger partial charge is 0.496 e. The SMILES string of the molecule is COc1cc(C)ccc1C(=O)COCCC1CCC1.